The Labute approximate surface area is 107 Å². The van der Waals surface area contributed by atoms with Crippen LogP contribution in [0.1, 0.15) is 25.5 Å². The van der Waals surface area contributed by atoms with Crippen molar-refractivity contribution in [2.75, 3.05) is 13.2 Å². The minimum Gasteiger partial charge on any atom is -0.375 e. The average Bonchev–Trinajstić information content (AvgIpc) is 2.77. The molecule has 0 aromatic carbocycles. The number of aryl methyl sites for hydroxylation is 1. The second-order valence-electron chi connectivity index (χ2n) is 4.91. The van der Waals surface area contributed by atoms with Crippen LogP contribution in [0.2, 0.25) is 0 Å². The van der Waals surface area contributed by atoms with Crippen molar-refractivity contribution >= 4 is 5.91 Å². The highest BCUT2D eigenvalue weighted by Crippen LogP contribution is 2.18. The first-order valence-corrected chi connectivity index (χ1v) is 6.15. The number of carbonyl (C=O) groups excluding carboxylic acids is 1. The first-order valence-electron chi connectivity index (χ1n) is 6.15. The zero-order valence-electron chi connectivity index (χ0n) is 11.0. The van der Waals surface area contributed by atoms with Gasteiger partial charge in [0.15, 0.2) is 0 Å². The average molecular weight is 252 g/mol. The highest BCUT2D eigenvalue weighted by molar-refractivity contribution is 5.83. The molecule has 0 aliphatic carbocycles. The Balaban J connectivity index is 2.10. The fraction of sp³-hybridized carbons (Fsp3) is 0.667. The van der Waals surface area contributed by atoms with Gasteiger partial charge in [-0.05, 0) is 13.8 Å². The molecular weight excluding hydrogens is 232 g/mol. The summed E-state index contributed by atoms with van der Waals surface area (Å²) in [6.07, 6.45) is 3.47. The van der Waals surface area contributed by atoms with E-state index >= 15 is 0 Å². The monoisotopic (exact) mass is 252 g/mol. The molecule has 1 aromatic heterocycles. The zero-order valence-corrected chi connectivity index (χ0v) is 11.0. The predicted octanol–water partition coefficient (Wildman–Crippen LogP) is 0.0557. The van der Waals surface area contributed by atoms with Crippen LogP contribution in [0.15, 0.2) is 12.4 Å². The summed E-state index contributed by atoms with van der Waals surface area (Å²) in [6, 6.07) is -0.581. The Kier molecular flexibility index (Phi) is 3.68. The molecule has 1 aromatic rings. The molecule has 0 bridgehead atoms. The lowest BCUT2D eigenvalue weighted by Crippen LogP contribution is -2.52. The smallest absolute Gasteiger partial charge is 0.244 e. The van der Waals surface area contributed by atoms with Gasteiger partial charge in [-0.25, -0.2) is 0 Å². The van der Waals surface area contributed by atoms with Crippen molar-refractivity contribution in [3.05, 3.63) is 18.0 Å². The van der Waals surface area contributed by atoms with Crippen molar-refractivity contribution < 1.29 is 9.53 Å². The molecule has 0 saturated carbocycles. The Morgan fingerprint density at radius 1 is 1.61 bits per heavy atom. The van der Waals surface area contributed by atoms with E-state index in [1.54, 1.807) is 29.0 Å². The molecule has 0 radical (unpaired) electrons. The molecule has 6 heteroatoms. The van der Waals surface area contributed by atoms with Crippen LogP contribution < -0.4 is 5.73 Å². The molecule has 3 unspecified atom stereocenters. The summed E-state index contributed by atoms with van der Waals surface area (Å²) in [5, 5.41) is 4.04. The molecule has 6 nitrogen and oxygen atoms in total. The van der Waals surface area contributed by atoms with Gasteiger partial charge >= 0.3 is 0 Å². The normalized spacial score (nSPS) is 26.1. The fourth-order valence-corrected chi connectivity index (χ4v) is 2.13. The van der Waals surface area contributed by atoms with E-state index in [1.165, 1.54) is 0 Å². The highest BCUT2D eigenvalue weighted by Gasteiger charge is 2.31. The summed E-state index contributed by atoms with van der Waals surface area (Å²) in [7, 11) is 1.81. The number of carbonyl (C=O) groups is 1. The topological polar surface area (TPSA) is 73.4 Å². The predicted molar refractivity (Wildman–Crippen MR) is 66.7 cm³/mol. The highest BCUT2D eigenvalue weighted by atomic mass is 16.5. The van der Waals surface area contributed by atoms with Crippen LogP contribution in [0.25, 0.3) is 0 Å². The number of hydrogen-bond acceptors (Lipinski definition) is 4. The molecule has 18 heavy (non-hydrogen) atoms. The van der Waals surface area contributed by atoms with Crippen LogP contribution in [-0.4, -0.2) is 45.9 Å². The van der Waals surface area contributed by atoms with Gasteiger partial charge in [0, 0.05) is 25.4 Å². The summed E-state index contributed by atoms with van der Waals surface area (Å²) < 4.78 is 7.16. The first-order chi connectivity index (χ1) is 8.49. The van der Waals surface area contributed by atoms with Crippen LogP contribution in [0.3, 0.4) is 0 Å². The number of nitrogens with two attached hydrogens (primary N) is 1. The van der Waals surface area contributed by atoms with Crippen molar-refractivity contribution in [2.45, 2.75) is 32.0 Å². The van der Waals surface area contributed by atoms with Gasteiger partial charge in [0.05, 0.1) is 24.9 Å². The van der Waals surface area contributed by atoms with Crippen molar-refractivity contribution in [3.8, 4) is 0 Å². The SMILES string of the molecule is CC1CN(C(=O)C(N)c2cnn(C)c2)C(C)CO1. The fourth-order valence-electron chi connectivity index (χ4n) is 2.13. The van der Waals surface area contributed by atoms with E-state index in [1.807, 2.05) is 13.8 Å². The van der Waals surface area contributed by atoms with Gasteiger partial charge in [-0.3, -0.25) is 9.48 Å². The van der Waals surface area contributed by atoms with Crippen molar-refractivity contribution in [3.63, 3.8) is 0 Å². The number of nitrogens with zero attached hydrogens (tertiary/aromatic N) is 3. The van der Waals surface area contributed by atoms with Gasteiger partial charge in [-0.15, -0.1) is 0 Å². The maximum atomic E-state index is 12.4. The summed E-state index contributed by atoms with van der Waals surface area (Å²) in [6.45, 7) is 5.09. The third-order valence-corrected chi connectivity index (χ3v) is 3.24. The van der Waals surface area contributed by atoms with Gasteiger partial charge in [0.1, 0.15) is 6.04 Å². The molecule has 1 aliphatic heterocycles. The molecule has 1 saturated heterocycles. The van der Waals surface area contributed by atoms with E-state index < -0.39 is 6.04 Å². The standard InChI is InChI=1S/C12H20N4O2/c1-8-7-18-9(2)5-16(8)12(17)11(13)10-4-14-15(3)6-10/h4,6,8-9,11H,5,7,13H2,1-3H3. The summed E-state index contributed by atoms with van der Waals surface area (Å²) in [4.78, 5) is 14.2. The van der Waals surface area contributed by atoms with E-state index in [9.17, 15) is 4.79 Å². The van der Waals surface area contributed by atoms with Crippen molar-refractivity contribution in [1.29, 1.82) is 0 Å². The lowest BCUT2D eigenvalue weighted by atomic mass is 10.1. The van der Waals surface area contributed by atoms with E-state index in [4.69, 9.17) is 10.5 Å². The molecule has 1 aliphatic rings. The molecule has 1 amide bonds. The van der Waals surface area contributed by atoms with Gasteiger partial charge in [0.25, 0.3) is 0 Å². The Bertz CT molecular complexity index is 431. The lowest BCUT2D eigenvalue weighted by Gasteiger charge is -2.38. The summed E-state index contributed by atoms with van der Waals surface area (Å²) >= 11 is 0. The quantitative estimate of drug-likeness (QED) is 0.807. The number of hydrogen-bond donors (Lipinski definition) is 1. The van der Waals surface area contributed by atoms with Crippen LogP contribution in [-0.2, 0) is 16.6 Å². The van der Waals surface area contributed by atoms with Crippen molar-refractivity contribution in [1.82, 2.24) is 14.7 Å². The third kappa shape index (κ3) is 2.54. The van der Waals surface area contributed by atoms with Gasteiger partial charge in [-0.2, -0.15) is 5.10 Å². The molecule has 2 N–H and O–H groups in total. The van der Waals surface area contributed by atoms with E-state index in [0.717, 1.165) is 5.56 Å². The second kappa shape index (κ2) is 5.07. The largest absolute Gasteiger partial charge is 0.375 e. The molecule has 2 heterocycles. The van der Waals surface area contributed by atoms with Gasteiger partial charge < -0.3 is 15.4 Å². The number of aromatic nitrogens is 2. The Morgan fingerprint density at radius 3 is 2.94 bits per heavy atom. The number of ether oxygens (including phenoxy) is 1. The van der Waals surface area contributed by atoms with E-state index in [2.05, 4.69) is 5.10 Å². The third-order valence-electron chi connectivity index (χ3n) is 3.24. The second-order valence-corrected chi connectivity index (χ2v) is 4.91. The van der Waals surface area contributed by atoms with Crippen LogP contribution in [0.4, 0.5) is 0 Å². The first kappa shape index (κ1) is 13.0. The Morgan fingerprint density at radius 2 is 2.33 bits per heavy atom. The summed E-state index contributed by atoms with van der Waals surface area (Å²) in [5.74, 6) is -0.0642. The van der Waals surface area contributed by atoms with Gasteiger partial charge in [0.2, 0.25) is 5.91 Å². The Hall–Kier alpha value is -1.40. The molecular formula is C12H20N4O2. The number of morpholine rings is 1. The van der Waals surface area contributed by atoms with Gasteiger partial charge in [-0.1, -0.05) is 0 Å². The maximum absolute atomic E-state index is 12.4. The molecule has 0 spiro atoms. The van der Waals surface area contributed by atoms with E-state index in [0.29, 0.717) is 13.2 Å². The minimum absolute atomic E-state index is 0.0613. The van der Waals surface area contributed by atoms with E-state index in [-0.39, 0.29) is 18.1 Å². The number of rotatable bonds is 2. The van der Waals surface area contributed by atoms with Crippen molar-refractivity contribution in [2.24, 2.45) is 12.8 Å². The number of amides is 1. The minimum atomic E-state index is -0.647. The lowest BCUT2D eigenvalue weighted by molar-refractivity contribution is -0.144. The molecule has 100 valence electrons. The molecule has 1 fully saturated rings. The molecule has 3 atom stereocenters. The summed E-state index contributed by atoms with van der Waals surface area (Å²) in [5.41, 5.74) is 6.75. The van der Waals surface area contributed by atoms with Crippen LogP contribution >= 0.6 is 0 Å². The zero-order chi connectivity index (χ0) is 13.3. The molecule has 2 rings (SSSR count). The maximum Gasteiger partial charge on any atom is 0.244 e. The van der Waals surface area contributed by atoms with Crippen LogP contribution in [0, 0.1) is 0 Å². The van der Waals surface area contributed by atoms with Crippen LogP contribution in [0.5, 0.6) is 0 Å².